The van der Waals surface area contributed by atoms with Gasteiger partial charge in [-0.15, -0.1) is 0 Å². The SMILES string of the molecule is O=C(Cc1cnc(C(F)(F)F)c(Cl)c1)N(CC1CCC1)C[C@@H](O)c1cccnc1. The van der Waals surface area contributed by atoms with Crippen LogP contribution in [0.1, 0.15) is 42.2 Å². The smallest absolute Gasteiger partial charge is 0.386 e. The summed E-state index contributed by atoms with van der Waals surface area (Å²) < 4.78 is 38.4. The van der Waals surface area contributed by atoms with Crippen LogP contribution in [0.2, 0.25) is 5.02 Å². The summed E-state index contributed by atoms with van der Waals surface area (Å²) in [4.78, 5) is 21.8. The molecule has 2 heterocycles. The number of rotatable bonds is 7. The molecule has 0 radical (unpaired) electrons. The van der Waals surface area contributed by atoms with Crippen molar-refractivity contribution in [2.24, 2.45) is 5.92 Å². The molecule has 0 unspecified atom stereocenters. The van der Waals surface area contributed by atoms with Gasteiger partial charge in [-0.2, -0.15) is 13.2 Å². The van der Waals surface area contributed by atoms with Gasteiger partial charge in [0.25, 0.3) is 0 Å². The van der Waals surface area contributed by atoms with Gasteiger partial charge in [0, 0.05) is 30.7 Å². The highest BCUT2D eigenvalue weighted by Crippen LogP contribution is 2.33. The van der Waals surface area contributed by atoms with E-state index in [2.05, 4.69) is 9.97 Å². The third-order valence-corrected chi connectivity index (χ3v) is 5.33. The second-order valence-electron chi connectivity index (χ2n) is 7.25. The number of amides is 1. The largest absolute Gasteiger partial charge is 0.434 e. The number of aromatic nitrogens is 2. The summed E-state index contributed by atoms with van der Waals surface area (Å²) in [5.74, 6) is 0.0758. The molecule has 1 atom stereocenters. The van der Waals surface area contributed by atoms with Crippen LogP contribution in [0.25, 0.3) is 0 Å². The van der Waals surface area contributed by atoms with E-state index in [1.165, 1.54) is 6.20 Å². The van der Waals surface area contributed by atoms with Crippen LogP contribution < -0.4 is 0 Å². The zero-order chi connectivity index (χ0) is 21.0. The highest BCUT2D eigenvalue weighted by Gasteiger charge is 2.35. The number of aliphatic hydroxyl groups excluding tert-OH is 1. The number of carbonyl (C=O) groups excluding carboxylic acids is 1. The van der Waals surface area contributed by atoms with Crippen molar-refractivity contribution in [2.75, 3.05) is 13.1 Å². The number of hydrogen-bond acceptors (Lipinski definition) is 4. The van der Waals surface area contributed by atoms with Crippen LogP contribution in [0.15, 0.2) is 36.8 Å². The van der Waals surface area contributed by atoms with E-state index in [4.69, 9.17) is 11.6 Å². The molecule has 156 valence electrons. The predicted octanol–water partition coefficient (Wildman–Crippen LogP) is 4.05. The summed E-state index contributed by atoms with van der Waals surface area (Å²) >= 11 is 5.70. The molecule has 2 aromatic rings. The van der Waals surface area contributed by atoms with Crippen LogP contribution in [-0.2, 0) is 17.4 Å². The quantitative estimate of drug-likeness (QED) is 0.723. The Morgan fingerprint density at radius 2 is 2.10 bits per heavy atom. The Morgan fingerprint density at radius 1 is 1.34 bits per heavy atom. The molecule has 0 bridgehead atoms. The molecule has 0 saturated heterocycles. The van der Waals surface area contributed by atoms with Gasteiger partial charge in [0.15, 0.2) is 5.69 Å². The first-order valence-corrected chi connectivity index (χ1v) is 9.69. The summed E-state index contributed by atoms with van der Waals surface area (Å²) in [5.41, 5.74) is -0.283. The molecule has 1 fully saturated rings. The maximum atomic E-state index is 12.9. The number of hydrogen-bond donors (Lipinski definition) is 1. The van der Waals surface area contributed by atoms with Crippen molar-refractivity contribution in [1.82, 2.24) is 14.9 Å². The molecule has 1 saturated carbocycles. The van der Waals surface area contributed by atoms with Crippen LogP contribution in [0.3, 0.4) is 0 Å². The van der Waals surface area contributed by atoms with Crippen molar-refractivity contribution in [3.63, 3.8) is 0 Å². The van der Waals surface area contributed by atoms with Crippen LogP contribution in [0.5, 0.6) is 0 Å². The van der Waals surface area contributed by atoms with Crippen molar-refractivity contribution in [1.29, 1.82) is 0 Å². The van der Waals surface area contributed by atoms with Gasteiger partial charge in [0.2, 0.25) is 5.91 Å². The van der Waals surface area contributed by atoms with Crippen LogP contribution in [0, 0.1) is 5.92 Å². The fraction of sp³-hybridized carbons (Fsp3) is 0.450. The first-order valence-electron chi connectivity index (χ1n) is 9.31. The minimum absolute atomic E-state index is 0.0861. The van der Waals surface area contributed by atoms with Gasteiger partial charge in [0.05, 0.1) is 24.1 Å². The van der Waals surface area contributed by atoms with E-state index < -0.39 is 23.0 Å². The third kappa shape index (κ3) is 5.67. The fourth-order valence-corrected chi connectivity index (χ4v) is 3.52. The molecule has 3 rings (SSSR count). The van der Waals surface area contributed by atoms with Crippen molar-refractivity contribution >= 4 is 17.5 Å². The molecule has 1 aliphatic carbocycles. The summed E-state index contributed by atoms with van der Waals surface area (Å²) in [5, 5.41) is 9.95. The van der Waals surface area contributed by atoms with E-state index >= 15 is 0 Å². The Hall–Kier alpha value is -2.19. The lowest BCUT2D eigenvalue weighted by Crippen LogP contribution is -2.40. The topological polar surface area (TPSA) is 66.3 Å². The summed E-state index contributed by atoms with van der Waals surface area (Å²) in [7, 11) is 0. The van der Waals surface area contributed by atoms with Crippen molar-refractivity contribution in [3.8, 4) is 0 Å². The zero-order valence-corrected chi connectivity index (χ0v) is 16.3. The van der Waals surface area contributed by atoms with Crippen LogP contribution >= 0.6 is 11.6 Å². The third-order valence-electron chi connectivity index (χ3n) is 5.04. The Morgan fingerprint density at radius 3 is 2.66 bits per heavy atom. The molecule has 5 nitrogen and oxygen atoms in total. The molecule has 1 aliphatic rings. The van der Waals surface area contributed by atoms with Crippen LogP contribution in [0.4, 0.5) is 13.2 Å². The van der Waals surface area contributed by atoms with Crippen molar-refractivity contribution in [3.05, 3.63) is 58.6 Å². The molecule has 0 spiro atoms. The summed E-state index contributed by atoms with van der Waals surface area (Å²) in [6.45, 7) is 0.584. The second kappa shape index (κ2) is 9.09. The molecule has 0 aliphatic heterocycles. The number of carbonyl (C=O) groups is 1. The summed E-state index contributed by atoms with van der Waals surface area (Å²) in [6.07, 6.45) is 1.59. The minimum atomic E-state index is -4.65. The van der Waals surface area contributed by atoms with Crippen molar-refractivity contribution < 1.29 is 23.1 Å². The van der Waals surface area contributed by atoms with E-state index in [0.29, 0.717) is 23.6 Å². The van der Waals surface area contributed by atoms with Gasteiger partial charge < -0.3 is 10.0 Å². The van der Waals surface area contributed by atoms with E-state index in [1.54, 1.807) is 23.2 Å². The highest BCUT2D eigenvalue weighted by atomic mass is 35.5. The number of nitrogens with zero attached hydrogens (tertiary/aromatic N) is 3. The van der Waals surface area contributed by atoms with E-state index in [-0.39, 0.29) is 18.9 Å². The lowest BCUT2D eigenvalue weighted by atomic mass is 9.85. The minimum Gasteiger partial charge on any atom is -0.386 e. The molecule has 9 heteroatoms. The van der Waals surface area contributed by atoms with Gasteiger partial charge in [0.1, 0.15) is 0 Å². The molecule has 1 N–H and O–H groups in total. The number of halogens is 4. The fourth-order valence-electron chi connectivity index (χ4n) is 3.22. The molecule has 29 heavy (non-hydrogen) atoms. The number of alkyl halides is 3. The van der Waals surface area contributed by atoms with Crippen LogP contribution in [-0.4, -0.2) is 39.0 Å². The molecular formula is C20H21ClF3N3O2. The van der Waals surface area contributed by atoms with E-state index in [1.807, 2.05) is 0 Å². The second-order valence-corrected chi connectivity index (χ2v) is 7.65. The van der Waals surface area contributed by atoms with Crippen molar-refractivity contribution in [2.45, 2.75) is 38.0 Å². The Kier molecular flexibility index (Phi) is 6.74. The maximum absolute atomic E-state index is 12.9. The lowest BCUT2D eigenvalue weighted by molar-refractivity contribution is -0.141. The molecule has 1 amide bonds. The average Bonchev–Trinajstić information content (AvgIpc) is 2.63. The van der Waals surface area contributed by atoms with Gasteiger partial charge >= 0.3 is 6.18 Å². The van der Waals surface area contributed by atoms with Gasteiger partial charge in [-0.1, -0.05) is 24.1 Å². The van der Waals surface area contributed by atoms with E-state index in [0.717, 1.165) is 31.5 Å². The van der Waals surface area contributed by atoms with Gasteiger partial charge in [-0.05, 0) is 36.5 Å². The average molecular weight is 428 g/mol. The highest BCUT2D eigenvalue weighted by molar-refractivity contribution is 6.31. The Balaban J connectivity index is 1.71. The Labute approximate surface area is 171 Å². The number of aliphatic hydroxyl groups is 1. The van der Waals surface area contributed by atoms with Gasteiger partial charge in [-0.3, -0.25) is 14.8 Å². The molecule has 0 aromatic carbocycles. The first kappa shape index (κ1) is 21.5. The monoisotopic (exact) mass is 427 g/mol. The zero-order valence-electron chi connectivity index (χ0n) is 15.6. The standard InChI is InChI=1S/C20H21ClF3N3O2/c21-16-7-14(9-26-19(16)20(22,23)24)8-18(29)27(11-13-3-1-4-13)12-17(28)15-5-2-6-25-10-15/h2,5-7,9-10,13,17,28H,1,3-4,8,11-12H2/t17-/m1/s1. The molecular weight excluding hydrogens is 407 g/mol. The van der Waals surface area contributed by atoms with E-state index in [9.17, 15) is 23.1 Å². The van der Waals surface area contributed by atoms with Gasteiger partial charge in [-0.25, -0.2) is 0 Å². The maximum Gasteiger partial charge on any atom is 0.434 e. The Bertz CT molecular complexity index is 845. The summed E-state index contributed by atoms with van der Waals surface area (Å²) in [6, 6.07) is 4.55. The first-order chi connectivity index (χ1) is 13.7. The normalized spacial score (nSPS) is 15.6. The lowest BCUT2D eigenvalue weighted by Gasteiger charge is -2.33. The molecule has 2 aromatic heterocycles. The number of pyridine rings is 2. The predicted molar refractivity (Wildman–Crippen MR) is 101 cm³/mol.